The van der Waals surface area contributed by atoms with E-state index in [1.54, 1.807) is 24.0 Å². The number of nitrogens with one attached hydrogen (secondary N) is 2. The Morgan fingerprint density at radius 2 is 1.95 bits per heavy atom. The summed E-state index contributed by atoms with van der Waals surface area (Å²) in [6, 6.07) is 11.6. The van der Waals surface area contributed by atoms with Gasteiger partial charge in [-0.25, -0.2) is 13.9 Å². The molecule has 1 fully saturated rings. The Labute approximate surface area is 248 Å². The Hall–Kier alpha value is -4.12. The molecule has 12 heteroatoms. The van der Waals surface area contributed by atoms with E-state index in [0.717, 1.165) is 30.5 Å². The summed E-state index contributed by atoms with van der Waals surface area (Å²) in [5.41, 5.74) is 2.72. The topological polar surface area (TPSA) is 109 Å². The van der Waals surface area contributed by atoms with Crippen molar-refractivity contribution in [2.24, 2.45) is 0 Å². The van der Waals surface area contributed by atoms with Crippen LogP contribution in [-0.2, 0) is 9.53 Å². The number of aromatic nitrogens is 2. The summed E-state index contributed by atoms with van der Waals surface area (Å²) in [6.45, 7) is 3.31. The predicted molar refractivity (Wildman–Crippen MR) is 157 cm³/mol. The van der Waals surface area contributed by atoms with Gasteiger partial charge in [0.1, 0.15) is 11.7 Å². The first kappa shape index (κ1) is 29.4. The number of benzene rings is 2. The molecule has 0 aliphatic carbocycles. The Morgan fingerprint density at radius 1 is 1.14 bits per heavy atom. The van der Waals surface area contributed by atoms with Gasteiger partial charge in [-0.1, -0.05) is 42.6 Å². The number of nitrogens with zero attached hydrogens (tertiary/aromatic N) is 4. The van der Waals surface area contributed by atoms with Crippen molar-refractivity contribution in [2.45, 2.75) is 44.7 Å². The Kier molecular flexibility index (Phi) is 8.96. The van der Waals surface area contributed by atoms with Crippen molar-refractivity contribution in [2.75, 3.05) is 38.2 Å². The first-order valence-electron chi connectivity index (χ1n) is 14.1. The van der Waals surface area contributed by atoms with Crippen LogP contribution in [0.5, 0.6) is 0 Å². The third kappa shape index (κ3) is 6.06. The van der Waals surface area contributed by atoms with Crippen LogP contribution in [0.1, 0.15) is 53.3 Å². The molecule has 2 atom stereocenters. The highest BCUT2D eigenvalue weighted by molar-refractivity contribution is 6.30. The number of halogens is 2. The fourth-order valence-corrected chi connectivity index (χ4v) is 5.77. The summed E-state index contributed by atoms with van der Waals surface area (Å²) in [7, 11) is 1.33. The number of hydrogen-bond donors (Lipinski definition) is 2. The zero-order valence-electron chi connectivity index (χ0n) is 23.6. The minimum absolute atomic E-state index is 0.0249. The number of ether oxygens (including phenoxy) is 1. The fraction of sp³-hybridized carbons (Fsp3) is 0.400. The molecule has 2 bridgehead atoms. The summed E-state index contributed by atoms with van der Waals surface area (Å²) >= 11 is 5.97. The molecule has 1 unspecified atom stereocenters. The van der Waals surface area contributed by atoms with Gasteiger partial charge in [0.05, 0.1) is 42.2 Å². The number of amides is 3. The van der Waals surface area contributed by atoms with E-state index >= 15 is 0 Å². The fourth-order valence-electron chi connectivity index (χ4n) is 5.60. The largest absolute Gasteiger partial charge is 0.453 e. The number of carbonyl (C=O) groups excluding carboxylic acids is 3. The molecule has 3 amide bonds. The Bertz CT molecular complexity index is 1480. The van der Waals surface area contributed by atoms with Gasteiger partial charge >= 0.3 is 6.09 Å². The molecule has 1 aromatic heterocycles. The van der Waals surface area contributed by atoms with Crippen LogP contribution in [0.4, 0.5) is 14.9 Å². The molecule has 10 nitrogen and oxygen atoms in total. The molecule has 2 N–H and O–H groups in total. The first-order chi connectivity index (χ1) is 20.3. The van der Waals surface area contributed by atoms with Gasteiger partial charge in [-0.3, -0.25) is 9.59 Å². The molecule has 3 aromatic rings. The Morgan fingerprint density at radius 3 is 2.76 bits per heavy atom. The van der Waals surface area contributed by atoms with Crippen LogP contribution in [0.2, 0.25) is 5.02 Å². The van der Waals surface area contributed by atoms with Gasteiger partial charge in [0.25, 0.3) is 5.91 Å². The highest BCUT2D eigenvalue weighted by Gasteiger charge is 2.35. The van der Waals surface area contributed by atoms with Gasteiger partial charge in [0.15, 0.2) is 5.82 Å². The van der Waals surface area contributed by atoms with Crippen molar-refractivity contribution in [1.82, 2.24) is 25.3 Å². The average molecular weight is 597 g/mol. The zero-order valence-corrected chi connectivity index (χ0v) is 24.4. The number of anilines is 1. The van der Waals surface area contributed by atoms with Crippen molar-refractivity contribution in [1.29, 1.82) is 0 Å². The van der Waals surface area contributed by atoms with Gasteiger partial charge in [-0.15, -0.1) is 0 Å². The van der Waals surface area contributed by atoms with Gasteiger partial charge < -0.3 is 25.2 Å². The molecule has 0 saturated carbocycles. The van der Waals surface area contributed by atoms with E-state index in [1.165, 1.54) is 24.1 Å². The minimum Gasteiger partial charge on any atom is -0.453 e. The van der Waals surface area contributed by atoms with Crippen molar-refractivity contribution < 1.29 is 23.5 Å². The second-order valence-corrected chi connectivity index (χ2v) is 10.9. The number of methoxy groups -OCH3 is 1. The monoisotopic (exact) mass is 596 g/mol. The molecule has 0 radical (unpaired) electrons. The van der Waals surface area contributed by atoms with Crippen molar-refractivity contribution in [3.8, 4) is 5.69 Å². The molecule has 2 aromatic carbocycles. The SMILES string of the molecule is COC(=O)N1CCN2c3cccc(c3)C(NC(=O)c3cnn(-c4cccc(Cl)c4F)c3C)CCCCCNC(=O)[C@H]2C1. The lowest BCUT2D eigenvalue weighted by Gasteiger charge is -2.41. The number of piperazine rings is 1. The molecular weight excluding hydrogens is 563 g/mol. The zero-order chi connectivity index (χ0) is 29.8. The van der Waals surface area contributed by atoms with E-state index in [4.69, 9.17) is 16.3 Å². The molecule has 2 aliphatic rings. The lowest BCUT2D eigenvalue weighted by atomic mass is 9.98. The van der Waals surface area contributed by atoms with Gasteiger partial charge in [0.2, 0.25) is 5.91 Å². The summed E-state index contributed by atoms with van der Waals surface area (Å²) in [6.07, 6.45) is 4.15. The smallest absolute Gasteiger partial charge is 0.409 e. The molecule has 5 rings (SSSR count). The van der Waals surface area contributed by atoms with Crippen LogP contribution in [-0.4, -0.2) is 71.9 Å². The Balaban J connectivity index is 1.42. The van der Waals surface area contributed by atoms with E-state index in [1.807, 2.05) is 29.2 Å². The predicted octanol–water partition coefficient (Wildman–Crippen LogP) is 4.39. The number of fused-ring (bicyclic) bond motifs is 4. The van der Waals surface area contributed by atoms with E-state index in [0.29, 0.717) is 37.3 Å². The minimum atomic E-state index is -0.608. The van der Waals surface area contributed by atoms with E-state index in [-0.39, 0.29) is 35.1 Å². The number of rotatable bonds is 3. The molecule has 3 heterocycles. The quantitative estimate of drug-likeness (QED) is 0.464. The molecule has 2 aliphatic heterocycles. The molecule has 0 spiro atoms. The highest BCUT2D eigenvalue weighted by Crippen LogP contribution is 2.29. The standard InChI is InChI=1S/C30H34ClFN6O4/c1-19-22(17-34-38(19)25-12-7-10-23(31)27(25)32)28(39)35-24-11-4-3-5-13-33-29(40)26-18-36(30(41)42-2)14-15-37(26)21-9-6-8-20(24)16-21/h6-10,12,16-17,24,26H,3-5,11,13-15,18H2,1-2H3,(H,33,40)(H,35,39)/t24?,26-/m1/s1. The van der Waals surface area contributed by atoms with Crippen LogP contribution in [0, 0.1) is 12.7 Å². The van der Waals surface area contributed by atoms with Crippen LogP contribution in [0.25, 0.3) is 5.69 Å². The van der Waals surface area contributed by atoms with Crippen LogP contribution in [0.15, 0.2) is 48.7 Å². The van der Waals surface area contributed by atoms with Crippen LogP contribution in [0.3, 0.4) is 0 Å². The van der Waals surface area contributed by atoms with Crippen LogP contribution < -0.4 is 15.5 Å². The normalized spacial score (nSPS) is 19.5. The average Bonchev–Trinajstić information content (AvgIpc) is 3.39. The summed E-state index contributed by atoms with van der Waals surface area (Å²) < 4.78 is 21.0. The van der Waals surface area contributed by atoms with E-state index in [9.17, 15) is 18.8 Å². The first-order valence-corrected chi connectivity index (χ1v) is 14.4. The lowest BCUT2D eigenvalue weighted by molar-refractivity contribution is -0.123. The second kappa shape index (κ2) is 12.8. The third-order valence-electron chi connectivity index (χ3n) is 7.91. The van der Waals surface area contributed by atoms with Crippen molar-refractivity contribution in [3.05, 3.63) is 76.3 Å². The third-order valence-corrected chi connectivity index (χ3v) is 8.20. The second-order valence-electron chi connectivity index (χ2n) is 10.5. The summed E-state index contributed by atoms with van der Waals surface area (Å²) in [5.74, 6) is -1.06. The lowest BCUT2D eigenvalue weighted by Crippen LogP contribution is -2.60. The summed E-state index contributed by atoms with van der Waals surface area (Å²) in [4.78, 5) is 42.6. The highest BCUT2D eigenvalue weighted by atomic mass is 35.5. The van der Waals surface area contributed by atoms with E-state index in [2.05, 4.69) is 15.7 Å². The maximum absolute atomic E-state index is 14.7. The molecular formula is C30H34ClFN6O4. The van der Waals surface area contributed by atoms with Crippen molar-refractivity contribution >= 4 is 35.2 Å². The maximum atomic E-state index is 14.7. The number of carbonyl (C=O) groups is 3. The van der Waals surface area contributed by atoms with Gasteiger partial charge in [-0.05, 0) is 49.6 Å². The van der Waals surface area contributed by atoms with E-state index < -0.39 is 18.0 Å². The van der Waals surface area contributed by atoms with Crippen LogP contribution >= 0.6 is 11.6 Å². The summed E-state index contributed by atoms with van der Waals surface area (Å²) in [5, 5.41) is 10.4. The maximum Gasteiger partial charge on any atom is 0.409 e. The van der Waals surface area contributed by atoms with Gasteiger partial charge in [0, 0.05) is 25.3 Å². The van der Waals surface area contributed by atoms with Crippen molar-refractivity contribution in [3.63, 3.8) is 0 Å². The molecule has 1 saturated heterocycles. The molecule has 42 heavy (non-hydrogen) atoms. The van der Waals surface area contributed by atoms with Gasteiger partial charge in [-0.2, -0.15) is 5.10 Å². The molecule has 222 valence electrons. The number of hydrogen-bond acceptors (Lipinski definition) is 6.